The molecule has 2 N–H and O–H groups in total. The first-order chi connectivity index (χ1) is 9.04. The van der Waals surface area contributed by atoms with Crippen molar-refractivity contribution in [2.75, 3.05) is 37.3 Å². The molecule has 1 aromatic rings. The molecule has 0 saturated heterocycles. The van der Waals surface area contributed by atoms with E-state index in [1.165, 1.54) is 11.3 Å². The number of nitrogen functional groups attached to an aromatic ring is 1. The molecular weight excluding hydrogens is 260 g/mol. The van der Waals surface area contributed by atoms with Gasteiger partial charge in [-0.05, 0) is 13.3 Å². The number of nitrogens with two attached hydrogens (primary N) is 1. The molecule has 1 heterocycles. The second-order valence-corrected chi connectivity index (χ2v) is 5.24. The molecule has 0 aromatic carbocycles. The summed E-state index contributed by atoms with van der Waals surface area (Å²) in [5.41, 5.74) is 5.86. The first-order valence-electron chi connectivity index (χ1n) is 6.42. The van der Waals surface area contributed by atoms with E-state index in [1.54, 1.807) is 11.0 Å². The second kappa shape index (κ2) is 7.13. The maximum atomic E-state index is 12.4. The number of aromatic nitrogens is 1. The van der Waals surface area contributed by atoms with Crippen molar-refractivity contribution in [2.24, 2.45) is 0 Å². The van der Waals surface area contributed by atoms with Gasteiger partial charge in [0.2, 0.25) is 0 Å². The van der Waals surface area contributed by atoms with E-state index in [2.05, 4.69) is 11.6 Å². The van der Waals surface area contributed by atoms with Crippen LogP contribution in [0.4, 0.5) is 10.9 Å². The Morgan fingerprint density at radius 3 is 2.74 bits per heavy atom. The van der Waals surface area contributed by atoms with Crippen LogP contribution < -0.4 is 10.6 Å². The maximum absolute atomic E-state index is 12.4. The molecule has 1 rings (SSSR count). The number of anilines is 2. The number of amides is 1. The molecule has 0 unspecified atom stereocenters. The van der Waals surface area contributed by atoms with E-state index in [0.29, 0.717) is 23.8 Å². The van der Waals surface area contributed by atoms with Crippen LogP contribution in [0.3, 0.4) is 0 Å². The summed E-state index contributed by atoms with van der Waals surface area (Å²) in [6.45, 7) is 9.80. The molecular formula is C13H22N4OS. The Morgan fingerprint density at radius 2 is 2.21 bits per heavy atom. The molecule has 1 amide bonds. The Morgan fingerprint density at radius 1 is 1.53 bits per heavy atom. The van der Waals surface area contributed by atoms with Gasteiger partial charge in [0.1, 0.15) is 10.7 Å². The summed E-state index contributed by atoms with van der Waals surface area (Å²) in [5.74, 6) is 0.253. The average Bonchev–Trinajstić information content (AvgIpc) is 2.79. The molecule has 0 atom stereocenters. The topological polar surface area (TPSA) is 62.5 Å². The Balaban J connectivity index is 2.97. The molecule has 0 aliphatic carbocycles. The van der Waals surface area contributed by atoms with Crippen LogP contribution >= 0.6 is 11.3 Å². The zero-order valence-corrected chi connectivity index (χ0v) is 12.7. The molecule has 0 saturated carbocycles. The molecule has 5 nitrogen and oxygen atoms in total. The second-order valence-electron chi connectivity index (χ2n) is 4.26. The Bertz CT molecular complexity index is 444. The van der Waals surface area contributed by atoms with Crippen LogP contribution in [0.2, 0.25) is 0 Å². The van der Waals surface area contributed by atoms with Crippen LogP contribution in [0.15, 0.2) is 12.7 Å². The zero-order valence-electron chi connectivity index (χ0n) is 11.8. The van der Waals surface area contributed by atoms with Gasteiger partial charge >= 0.3 is 0 Å². The van der Waals surface area contributed by atoms with Gasteiger partial charge < -0.3 is 15.5 Å². The van der Waals surface area contributed by atoms with Crippen LogP contribution in [-0.2, 0) is 0 Å². The fraction of sp³-hybridized carbons (Fsp3) is 0.538. The van der Waals surface area contributed by atoms with Crippen molar-refractivity contribution in [3.05, 3.63) is 17.5 Å². The van der Waals surface area contributed by atoms with Gasteiger partial charge in [-0.15, -0.1) is 6.58 Å². The lowest BCUT2D eigenvalue weighted by atomic mass is 10.3. The Hall–Kier alpha value is -1.56. The van der Waals surface area contributed by atoms with Gasteiger partial charge in [0.25, 0.3) is 5.91 Å². The summed E-state index contributed by atoms with van der Waals surface area (Å²) < 4.78 is 0. The summed E-state index contributed by atoms with van der Waals surface area (Å²) in [6.07, 6.45) is 2.63. The molecule has 0 fully saturated rings. The van der Waals surface area contributed by atoms with Crippen molar-refractivity contribution >= 4 is 28.2 Å². The van der Waals surface area contributed by atoms with E-state index in [4.69, 9.17) is 5.73 Å². The van der Waals surface area contributed by atoms with Crippen molar-refractivity contribution in [1.82, 2.24) is 9.88 Å². The third kappa shape index (κ3) is 3.70. The van der Waals surface area contributed by atoms with Gasteiger partial charge in [0.15, 0.2) is 5.13 Å². The monoisotopic (exact) mass is 282 g/mol. The summed E-state index contributed by atoms with van der Waals surface area (Å²) in [5, 5.41) is 0.776. The highest BCUT2D eigenvalue weighted by Gasteiger charge is 2.21. The number of hydrogen-bond donors (Lipinski definition) is 1. The van der Waals surface area contributed by atoms with Crippen LogP contribution in [0, 0.1) is 0 Å². The molecule has 19 heavy (non-hydrogen) atoms. The number of hydrogen-bond acceptors (Lipinski definition) is 5. The lowest BCUT2D eigenvalue weighted by Gasteiger charge is -2.19. The van der Waals surface area contributed by atoms with E-state index in [-0.39, 0.29) is 5.91 Å². The largest absolute Gasteiger partial charge is 0.382 e. The summed E-state index contributed by atoms with van der Waals surface area (Å²) in [4.78, 5) is 20.9. The van der Waals surface area contributed by atoms with Crippen molar-refractivity contribution in [1.29, 1.82) is 0 Å². The molecule has 1 aromatic heterocycles. The van der Waals surface area contributed by atoms with Crippen molar-refractivity contribution < 1.29 is 4.79 Å². The highest BCUT2D eigenvalue weighted by atomic mass is 32.1. The highest BCUT2D eigenvalue weighted by Crippen LogP contribution is 2.28. The first kappa shape index (κ1) is 15.5. The molecule has 0 aliphatic rings. The fourth-order valence-electron chi connectivity index (χ4n) is 1.62. The summed E-state index contributed by atoms with van der Waals surface area (Å²) in [7, 11) is 1.93. The Labute approximate surface area is 118 Å². The first-order valence-corrected chi connectivity index (χ1v) is 7.24. The van der Waals surface area contributed by atoms with Gasteiger partial charge in [-0.1, -0.05) is 24.3 Å². The van der Waals surface area contributed by atoms with E-state index < -0.39 is 0 Å². The highest BCUT2D eigenvalue weighted by molar-refractivity contribution is 7.18. The average molecular weight is 282 g/mol. The molecule has 0 bridgehead atoms. The van der Waals surface area contributed by atoms with Crippen molar-refractivity contribution in [2.45, 2.75) is 20.3 Å². The maximum Gasteiger partial charge on any atom is 0.268 e. The van der Waals surface area contributed by atoms with E-state index in [1.807, 2.05) is 25.8 Å². The molecule has 0 spiro atoms. The predicted octanol–water partition coefficient (Wildman–Crippen LogP) is 2.22. The quantitative estimate of drug-likeness (QED) is 0.779. The van der Waals surface area contributed by atoms with Gasteiger partial charge in [-0.3, -0.25) is 4.79 Å². The van der Waals surface area contributed by atoms with Crippen LogP contribution in [0.25, 0.3) is 0 Å². The molecule has 0 radical (unpaired) electrons. The molecule has 6 heteroatoms. The van der Waals surface area contributed by atoms with Crippen molar-refractivity contribution in [3.63, 3.8) is 0 Å². The summed E-state index contributed by atoms with van der Waals surface area (Å²) >= 11 is 1.34. The minimum atomic E-state index is -0.0625. The predicted molar refractivity (Wildman–Crippen MR) is 81.9 cm³/mol. The van der Waals surface area contributed by atoms with Crippen LogP contribution in [0.5, 0.6) is 0 Å². The van der Waals surface area contributed by atoms with E-state index in [0.717, 1.165) is 18.1 Å². The van der Waals surface area contributed by atoms with E-state index >= 15 is 0 Å². The van der Waals surface area contributed by atoms with Crippen molar-refractivity contribution in [3.8, 4) is 0 Å². The normalized spacial score (nSPS) is 10.3. The summed E-state index contributed by atoms with van der Waals surface area (Å²) in [6, 6.07) is 0. The number of thiazole rings is 1. The lowest BCUT2D eigenvalue weighted by molar-refractivity contribution is 0.0779. The lowest BCUT2D eigenvalue weighted by Crippen LogP contribution is -2.31. The van der Waals surface area contributed by atoms with Crippen LogP contribution in [-0.4, -0.2) is 42.5 Å². The Kier molecular flexibility index (Phi) is 5.82. The third-order valence-corrected chi connectivity index (χ3v) is 3.94. The van der Waals surface area contributed by atoms with E-state index in [9.17, 15) is 4.79 Å². The fourth-order valence-corrected chi connectivity index (χ4v) is 2.60. The van der Waals surface area contributed by atoms with Gasteiger partial charge in [0, 0.05) is 26.7 Å². The van der Waals surface area contributed by atoms with Gasteiger partial charge in [-0.2, -0.15) is 0 Å². The smallest absolute Gasteiger partial charge is 0.268 e. The van der Waals surface area contributed by atoms with Crippen LogP contribution in [0.1, 0.15) is 29.9 Å². The number of carbonyl (C=O) groups is 1. The third-order valence-electron chi connectivity index (χ3n) is 2.77. The molecule has 0 aliphatic heterocycles. The standard InChI is InChI=1S/C13H22N4OS/c1-5-8-17(9-6-2)12(18)10-11(14)15-13(19-10)16(4)7-3/h5H,1,6-9,14H2,2-4H3. The number of nitrogens with zero attached hydrogens (tertiary/aromatic N) is 3. The van der Waals surface area contributed by atoms with Gasteiger partial charge in [0.05, 0.1) is 0 Å². The SMILES string of the molecule is C=CCN(CCC)C(=O)c1sc(N(C)CC)nc1N. The number of rotatable bonds is 7. The number of carbonyl (C=O) groups excluding carboxylic acids is 1. The minimum Gasteiger partial charge on any atom is -0.382 e. The van der Waals surface area contributed by atoms with Gasteiger partial charge in [-0.25, -0.2) is 4.98 Å². The zero-order chi connectivity index (χ0) is 14.4. The minimum absolute atomic E-state index is 0.0625. The molecule has 106 valence electrons.